The largest absolute Gasteiger partial charge is 0.492 e. The van der Waals surface area contributed by atoms with Gasteiger partial charge in [-0.15, -0.1) is 11.6 Å². The SMILES string of the molecule is CN(C)CCOc1ccc(C=CCCl)cc1. The van der Waals surface area contributed by atoms with E-state index >= 15 is 0 Å². The molecule has 0 radical (unpaired) electrons. The summed E-state index contributed by atoms with van der Waals surface area (Å²) >= 11 is 5.56. The molecule has 3 heteroatoms. The molecule has 0 saturated carbocycles. The van der Waals surface area contributed by atoms with Gasteiger partial charge >= 0.3 is 0 Å². The third-order valence-electron chi connectivity index (χ3n) is 2.09. The molecule has 0 unspecified atom stereocenters. The number of alkyl halides is 1. The molecule has 1 aromatic carbocycles. The zero-order valence-corrected chi connectivity index (χ0v) is 10.6. The van der Waals surface area contributed by atoms with Crippen LogP contribution in [0, 0.1) is 0 Å². The lowest BCUT2D eigenvalue weighted by atomic mass is 10.2. The molecule has 0 spiro atoms. The predicted molar refractivity (Wildman–Crippen MR) is 70.2 cm³/mol. The van der Waals surface area contributed by atoms with Gasteiger partial charge in [0.05, 0.1) is 0 Å². The van der Waals surface area contributed by atoms with Crippen LogP contribution in [0.2, 0.25) is 0 Å². The van der Waals surface area contributed by atoms with E-state index in [1.54, 1.807) is 0 Å². The highest BCUT2D eigenvalue weighted by atomic mass is 35.5. The molecule has 0 saturated heterocycles. The summed E-state index contributed by atoms with van der Waals surface area (Å²) in [6.07, 6.45) is 3.92. The number of rotatable bonds is 6. The van der Waals surface area contributed by atoms with Gasteiger partial charge in [0, 0.05) is 12.4 Å². The molecule has 0 atom stereocenters. The van der Waals surface area contributed by atoms with Crippen molar-refractivity contribution in [2.24, 2.45) is 0 Å². The minimum absolute atomic E-state index is 0.543. The highest BCUT2D eigenvalue weighted by Gasteiger charge is 1.94. The molecule has 0 fully saturated rings. The molecule has 0 amide bonds. The van der Waals surface area contributed by atoms with Gasteiger partial charge in [-0.05, 0) is 31.8 Å². The third kappa shape index (κ3) is 5.19. The maximum atomic E-state index is 5.58. The molecule has 0 aromatic heterocycles. The second kappa shape index (κ2) is 7.31. The van der Waals surface area contributed by atoms with Crippen molar-refractivity contribution < 1.29 is 4.74 Å². The standard InChI is InChI=1S/C13H18ClNO/c1-15(2)10-11-16-13-7-5-12(6-8-13)4-3-9-14/h3-8H,9-11H2,1-2H3. The van der Waals surface area contributed by atoms with E-state index in [0.29, 0.717) is 12.5 Å². The Morgan fingerprint density at radius 3 is 2.50 bits per heavy atom. The van der Waals surface area contributed by atoms with Crippen molar-refractivity contribution in [3.05, 3.63) is 35.9 Å². The van der Waals surface area contributed by atoms with E-state index < -0.39 is 0 Å². The van der Waals surface area contributed by atoms with Gasteiger partial charge in [0.1, 0.15) is 12.4 Å². The molecule has 0 heterocycles. The van der Waals surface area contributed by atoms with Gasteiger partial charge in [0.2, 0.25) is 0 Å². The first kappa shape index (κ1) is 13.1. The molecular formula is C13H18ClNO. The molecule has 0 N–H and O–H groups in total. The van der Waals surface area contributed by atoms with E-state index in [9.17, 15) is 0 Å². The fraction of sp³-hybridized carbons (Fsp3) is 0.385. The topological polar surface area (TPSA) is 12.5 Å². The zero-order valence-electron chi connectivity index (χ0n) is 9.82. The van der Waals surface area contributed by atoms with Crippen LogP contribution in [-0.4, -0.2) is 38.0 Å². The Bertz CT molecular complexity index is 319. The van der Waals surface area contributed by atoms with Gasteiger partial charge in [-0.1, -0.05) is 24.3 Å². The van der Waals surface area contributed by atoms with E-state index in [0.717, 1.165) is 17.9 Å². The molecule has 0 aliphatic heterocycles. The average Bonchev–Trinajstić information content (AvgIpc) is 2.27. The van der Waals surface area contributed by atoms with Gasteiger partial charge in [0.25, 0.3) is 0 Å². The molecular weight excluding hydrogens is 222 g/mol. The van der Waals surface area contributed by atoms with Crippen molar-refractivity contribution in [3.8, 4) is 5.75 Å². The maximum absolute atomic E-state index is 5.58. The van der Waals surface area contributed by atoms with Crippen LogP contribution in [0.15, 0.2) is 30.3 Å². The van der Waals surface area contributed by atoms with Crippen molar-refractivity contribution >= 4 is 17.7 Å². The number of likely N-dealkylation sites (N-methyl/N-ethyl adjacent to an activating group) is 1. The number of hydrogen-bond donors (Lipinski definition) is 0. The van der Waals surface area contributed by atoms with Crippen LogP contribution < -0.4 is 4.74 Å². The van der Waals surface area contributed by atoms with Gasteiger partial charge in [-0.3, -0.25) is 0 Å². The van der Waals surface area contributed by atoms with Crippen LogP contribution in [0.4, 0.5) is 0 Å². The Hall–Kier alpha value is -0.990. The van der Waals surface area contributed by atoms with Crippen LogP contribution in [0.1, 0.15) is 5.56 Å². The number of halogens is 1. The smallest absolute Gasteiger partial charge is 0.119 e. The monoisotopic (exact) mass is 239 g/mol. The first-order valence-corrected chi connectivity index (χ1v) is 5.86. The number of benzene rings is 1. The van der Waals surface area contributed by atoms with Crippen LogP contribution >= 0.6 is 11.6 Å². The molecule has 88 valence electrons. The third-order valence-corrected chi connectivity index (χ3v) is 2.26. The van der Waals surface area contributed by atoms with Crippen molar-refractivity contribution in [3.63, 3.8) is 0 Å². The average molecular weight is 240 g/mol. The lowest BCUT2D eigenvalue weighted by Gasteiger charge is -2.10. The first-order chi connectivity index (χ1) is 7.72. The van der Waals surface area contributed by atoms with Crippen LogP contribution in [-0.2, 0) is 0 Å². The molecule has 0 aliphatic carbocycles. The minimum Gasteiger partial charge on any atom is -0.492 e. The van der Waals surface area contributed by atoms with E-state index in [1.165, 1.54) is 0 Å². The number of hydrogen-bond acceptors (Lipinski definition) is 2. The van der Waals surface area contributed by atoms with Crippen LogP contribution in [0.25, 0.3) is 6.08 Å². The van der Waals surface area contributed by atoms with E-state index in [1.807, 2.05) is 50.5 Å². The van der Waals surface area contributed by atoms with Gasteiger partial charge in [-0.2, -0.15) is 0 Å². The summed E-state index contributed by atoms with van der Waals surface area (Å²) < 4.78 is 5.58. The number of ether oxygens (including phenoxy) is 1. The number of allylic oxidation sites excluding steroid dienone is 1. The molecule has 0 aliphatic rings. The summed E-state index contributed by atoms with van der Waals surface area (Å²) in [5, 5.41) is 0. The minimum atomic E-state index is 0.543. The molecule has 0 bridgehead atoms. The Labute approximate surface area is 102 Å². The molecule has 16 heavy (non-hydrogen) atoms. The highest BCUT2D eigenvalue weighted by molar-refractivity contribution is 6.19. The van der Waals surface area contributed by atoms with Gasteiger partial charge < -0.3 is 9.64 Å². The molecule has 1 rings (SSSR count). The fourth-order valence-electron chi connectivity index (χ4n) is 1.20. The second-order valence-corrected chi connectivity index (χ2v) is 4.09. The summed E-state index contributed by atoms with van der Waals surface area (Å²) in [7, 11) is 4.06. The van der Waals surface area contributed by atoms with Crippen molar-refractivity contribution in [1.82, 2.24) is 4.90 Å². The molecule has 1 aromatic rings. The van der Waals surface area contributed by atoms with E-state index in [-0.39, 0.29) is 0 Å². The van der Waals surface area contributed by atoms with Crippen molar-refractivity contribution in [2.75, 3.05) is 33.1 Å². The predicted octanol–water partition coefficient (Wildman–Crippen LogP) is 2.88. The summed E-state index contributed by atoms with van der Waals surface area (Å²) in [5.74, 6) is 1.45. The lowest BCUT2D eigenvalue weighted by Crippen LogP contribution is -2.19. The summed E-state index contributed by atoms with van der Waals surface area (Å²) in [5.41, 5.74) is 1.14. The fourth-order valence-corrected chi connectivity index (χ4v) is 1.29. The highest BCUT2D eigenvalue weighted by Crippen LogP contribution is 2.13. The van der Waals surface area contributed by atoms with Crippen molar-refractivity contribution in [1.29, 1.82) is 0 Å². The Kier molecular flexibility index (Phi) is 5.98. The van der Waals surface area contributed by atoms with E-state index in [4.69, 9.17) is 16.3 Å². The maximum Gasteiger partial charge on any atom is 0.119 e. The second-order valence-electron chi connectivity index (χ2n) is 3.78. The normalized spacial score (nSPS) is 11.2. The van der Waals surface area contributed by atoms with Gasteiger partial charge in [0.15, 0.2) is 0 Å². The quantitative estimate of drug-likeness (QED) is 0.708. The summed E-state index contributed by atoms with van der Waals surface area (Å²) in [4.78, 5) is 2.09. The summed E-state index contributed by atoms with van der Waals surface area (Å²) in [6, 6.07) is 8.00. The van der Waals surface area contributed by atoms with E-state index in [2.05, 4.69) is 4.90 Å². The number of nitrogens with zero attached hydrogens (tertiary/aromatic N) is 1. The Balaban J connectivity index is 2.42. The van der Waals surface area contributed by atoms with Crippen LogP contribution in [0.5, 0.6) is 5.75 Å². The van der Waals surface area contributed by atoms with Gasteiger partial charge in [-0.25, -0.2) is 0 Å². The van der Waals surface area contributed by atoms with Crippen LogP contribution in [0.3, 0.4) is 0 Å². The first-order valence-electron chi connectivity index (χ1n) is 5.32. The Morgan fingerprint density at radius 1 is 1.25 bits per heavy atom. The Morgan fingerprint density at radius 2 is 1.94 bits per heavy atom. The zero-order chi connectivity index (χ0) is 11.8. The molecule has 2 nitrogen and oxygen atoms in total. The lowest BCUT2D eigenvalue weighted by molar-refractivity contribution is 0.261. The summed E-state index contributed by atoms with van der Waals surface area (Å²) in [6.45, 7) is 1.64. The van der Waals surface area contributed by atoms with Crippen molar-refractivity contribution in [2.45, 2.75) is 0 Å².